The van der Waals surface area contributed by atoms with E-state index in [1.165, 1.54) is 12.7 Å². The van der Waals surface area contributed by atoms with Crippen LogP contribution in [0.3, 0.4) is 0 Å². The zero-order valence-electron chi connectivity index (χ0n) is 15.5. The van der Waals surface area contributed by atoms with Crippen molar-refractivity contribution in [2.75, 3.05) is 12.4 Å². The third kappa shape index (κ3) is 3.98. The van der Waals surface area contributed by atoms with Gasteiger partial charge in [0.15, 0.2) is 5.69 Å². The first kappa shape index (κ1) is 18.0. The van der Waals surface area contributed by atoms with E-state index < -0.39 is 5.97 Å². The van der Waals surface area contributed by atoms with E-state index in [0.717, 1.165) is 31.2 Å². The molecule has 4 rings (SSSR count). The van der Waals surface area contributed by atoms with Crippen LogP contribution >= 0.6 is 11.6 Å². The summed E-state index contributed by atoms with van der Waals surface area (Å²) in [6.45, 7) is 2.07. The van der Waals surface area contributed by atoms with Gasteiger partial charge in [-0.1, -0.05) is 53.6 Å². The molecule has 0 atom stereocenters. The van der Waals surface area contributed by atoms with Crippen LogP contribution in [0.2, 0.25) is 5.02 Å². The van der Waals surface area contributed by atoms with Crippen LogP contribution in [0.1, 0.15) is 59.0 Å². The van der Waals surface area contributed by atoms with Crippen molar-refractivity contribution in [2.45, 2.75) is 44.1 Å². The number of hydrogen-bond donors (Lipinski definition) is 1. The number of nitrogens with one attached hydrogen (secondary N) is 1. The van der Waals surface area contributed by atoms with Crippen LogP contribution in [0, 0.1) is 6.92 Å². The first-order valence-corrected chi connectivity index (χ1v) is 9.57. The quantitative estimate of drug-likeness (QED) is 0.728. The smallest absolute Gasteiger partial charge is 0.358 e. The van der Waals surface area contributed by atoms with Crippen molar-refractivity contribution in [1.82, 2.24) is 9.97 Å². The summed E-state index contributed by atoms with van der Waals surface area (Å²) >= 11 is 6.44. The number of aryl methyl sites for hydroxylation is 1. The van der Waals surface area contributed by atoms with Crippen molar-refractivity contribution in [3.05, 3.63) is 58.0 Å². The maximum atomic E-state index is 12.1. The van der Waals surface area contributed by atoms with Gasteiger partial charge in [0.05, 0.1) is 12.6 Å². The van der Waals surface area contributed by atoms with Crippen LogP contribution in [0.15, 0.2) is 30.3 Å². The second-order valence-electron chi connectivity index (χ2n) is 7.38. The molecule has 1 N–H and O–H groups in total. The van der Waals surface area contributed by atoms with Gasteiger partial charge in [-0.15, -0.1) is 0 Å². The van der Waals surface area contributed by atoms with Crippen LogP contribution in [0.4, 0.5) is 5.82 Å². The molecular formula is C21H22ClN3O2. The lowest BCUT2D eigenvalue weighted by Gasteiger charge is -2.17. The Bertz CT molecular complexity index is 900. The molecule has 0 unspecified atom stereocenters. The molecule has 27 heavy (non-hydrogen) atoms. The molecular weight excluding hydrogens is 362 g/mol. The van der Waals surface area contributed by atoms with E-state index in [1.807, 2.05) is 0 Å². The van der Waals surface area contributed by atoms with E-state index in [9.17, 15) is 4.79 Å². The number of benzene rings is 1. The van der Waals surface area contributed by atoms with E-state index in [0.29, 0.717) is 17.6 Å². The van der Waals surface area contributed by atoms with Gasteiger partial charge in [0, 0.05) is 5.92 Å². The molecule has 1 heterocycles. The Hall–Kier alpha value is -2.40. The van der Waals surface area contributed by atoms with E-state index in [1.54, 1.807) is 0 Å². The standard InChI is InChI=1S/C21H22ClN3O2/c1-13-3-5-14(6-4-13)9-10-21(11-12-21)25-19-16(22)17(20(26)27-2)23-18(24-19)15-7-8-15/h3-6,9-10,15H,7-8,11-12H2,1-2H3,(H,23,24,25). The summed E-state index contributed by atoms with van der Waals surface area (Å²) in [4.78, 5) is 21.0. The average Bonchev–Trinajstić information content (AvgIpc) is 3.58. The Morgan fingerprint density at radius 2 is 1.96 bits per heavy atom. The highest BCUT2D eigenvalue weighted by atomic mass is 35.5. The summed E-state index contributed by atoms with van der Waals surface area (Å²) in [6, 6.07) is 8.39. The van der Waals surface area contributed by atoms with E-state index >= 15 is 0 Å². The fourth-order valence-electron chi connectivity index (χ4n) is 2.94. The number of esters is 1. The predicted molar refractivity (Wildman–Crippen MR) is 106 cm³/mol. The third-order valence-corrected chi connectivity index (χ3v) is 5.38. The number of rotatable bonds is 6. The number of halogens is 1. The molecule has 0 bridgehead atoms. The summed E-state index contributed by atoms with van der Waals surface area (Å²) in [5, 5.41) is 3.67. The highest BCUT2D eigenvalue weighted by molar-refractivity contribution is 6.35. The summed E-state index contributed by atoms with van der Waals surface area (Å²) < 4.78 is 4.83. The zero-order chi connectivity index (χ0) is 19.0. The minimum Gasteiger partial charge on any atom is -0.464 e. The molecule has 0 saturated heterocycles. The van der Waals surface area contributed by atoms with Crippen molar-refractivity contribution >= 4 is 29.5 Å². The van der Waals surface area contributed by atoms with Gasteiger partial charge in [0.1, 0.15) is 16.7 Å². The van der Waals surface area contributed by atoms with Gasteiger partial charge in [-0.2, -0.15) is 0 Å². The molecule has 1 aromatic heterocycles. The highest BCUT2D eigenvalue weighted by Crippen LogP contribution is 2.44. The predicted octanol–water partition coefficient (Wildman–Crippen LogP) is 4.76. The first-order chi connectivity index (χ1) is 13.0. The van der Waals surface area contributed by atoms with Gasteiger partial charge in [0.25, 0.3) is 0 Å². The molecule has 0 radical (unpaired) electrons. The third-order valence-electron chi connectivity index (χ3n) is 5.02. The molecule has 2 aromatic rings. The number of ether oxygens (including phenoxy) is 1. The Balaban J connectivity index is 1.60. The lowest BCUT2D eigenvalue weighted by Crippen LogP contribution is -2.21. The van der Waals surface area contributed by atoms with Crippen LogP contribution in [-0.4, -0.2) is 28.6 Å². The number of methoxy groups -OCH3 is 1. The molecule has 2 aliphatic carbocycles. The number of carbonyl (C=O) groups is 1. The SMILES string of the molecule is COC(=O)c1nc(C2CC2)nc(NC2(C=Cc3ccc(C)cc3)CC2)c1Cl. The van der Waals surface area contributed by atoms with Crippen LogP contribution in [-0.2, 0) is 4.74 Å². The summed E-state index contributed by atoms with van der Waals surface area (Å²) in [7, 11) is 1.33. The molecule has 2 fully saturated rings. The topological polar surface area (TPSA) is 64.1 Å². The molecule has 2 saturated carbocycles. The van der Waals surface area contributed by atoms with Gasteiger partial charge in [-0.3, -0.25) is 0 Å². The van der Waals surface area contributed by atoms with E-state index in [2.05, 4.69) is 58.6 Å². The lowest BCUT2D eigenvalue weighted by atomic mass is 10.1. The van der Waals surface area contributed by atoms with Crippen LogP contribution in [0.25, 0.3) is 6.08 Å². The van der Waals surface area contributed by atoms with Crippen molar-refractivity contribution in [3.8, 4) is 0 Å². The molecule has 0 aliphatic heterocycles. The molecule has 0 spiro atoms. The summed E-state index contributed by atoms with van der Waals surface area (Å²) in [5.41, 5.74) is 2.34. The molecule has 1 aromatic carbocycles. The van der Waals surface area contributed by atoms with Gasteiger partial charge >= 0.3 is 5.97 Å². The van der Waals surface area contributed by atoms with Crippen molar-refractivity contribution in [3.63, 3.8) is 0 Å². The minimum atomic E-state index is -0.535. The number of aromatic nitrogens is 2. The zero-order valence-corrected chi connectivity index (χ0v) is 16.2. The Morgan fingerprint density at radius 3 is 2.56 bits per heavy atom. The van der Waals surface area contributed by atoms with Gasteiger partial charge in [0.2, 0.25) is 0 Å². The van der Waals surface area contributed by atoms with Gasteiger partial charge in [-0.05, 0) is 38.2 Å². The highest BCUT2D eigenvalue weighted by Gasteiger charge is 2.41. The second kappa shape index (κ2) is 6.97. The van der Waals surface area contributed by atoms with Crippen molar-refractivity contribution < 1.29 is 9.53 Å². The van der Waals surface area contributed by atoms with Crippen LogP contribution < -0.4 is 5.32 Å². The number of anilines is 1. The maximum absolute atomic E-state index is 12.1. The molecule has 2 aliphatic rings. The van der Waals surface area contributed by atoms with Crippen molar-refractivity contribution in [1.29, 1.82) is 0 Å². The fraction of sp³-hybridized carbons (Fsp3) is 0.381. The van der Waals surface area contributed by atoms with E-state index in [-0.39, 0.29) is 16.3 Å². The lowest BCUT2D eigenvalue weighted by molar-refractivity contribution is 0.0593. The molecule has 140 valence electrons. The first-order valence-electron chi connectivity index (χ1n) is 9.19. The van der Waals surface area contributed by atoms with Gasteiger partial charge < -0.3 is 10.1 Å². The number of hydrogen-bond acceptors (Lipinski definition) is 5. The normalized spacial score (nSPS) is 17.7. The number of carbonyl (C=O) groups excluding carboxylic acids is 1. The van der Waals surface area contributed by atoms with Crippen molar-refractivity contribution in [2.24, 2.45) is 0 Å². The molecule has 0 amide bonds. The second-order valence-corrected chi connectivity index (χ2v) is 7.76. The summed E-state index contributed by atoms with van der Waals surface area (Å²) in [5.74, 6) is 0.956. The molecule has 6 heteroatoms. The monoisotopic (exact) mass is 383 g/mol. The Kier molecular flexibility index (Phi) is 4.64. The molecule has 5 nitrogen and oxygen atoms in total. The fourth-order valence-corrected chi connectivity index (χ4v) is 3.15. The largest absolute Gasteiger partial charge is 0.464 e. The average molecular weight is 384 g/mol. The Morgan fingerprint density at radius 1 is 1.26 bits per heavy atom. The maximum Gasteiger partial charge on any atom is 0.358 e. The minimum absolute atomic E-state index is 0.136. The van der Waals surface area contributed by atoms with Gasteiger partial charge in [-0.25, -0.2) is 14.8 Å². The van der Waals surface area contributed by atoms with E-state index in [4.69, 9.17) is 16.3 Å². The number of nitrogens with zero attached hydrogens (tertiary/aromatic N) is 2. The summed E-state index contributed by atoms with van der Waals surface area (Å²) in [6.07, 6.45) is 8.33. The Labute approximate surface area is 163 Å². The van der Waals surface area contributed by atoms with Crippen LogP contribution in [0.5, 0.6) is 0 Å².